The van der Waals surface area contributed by atoms with E-state index in [0.29, 0.717) is 33.9 Å². The lowest BCUT2D eigenvalue weighted by Crippen LogP contribution is -2.16. The quantitative estimate of drug-likeness (QED) is 0.272. The highest BCUT2D eigenvalue weighted by Crippen LogP contribution is 2.34. The number of nitrogens with one attached hydrogen (secondary N) is 1. The SMILES string of the molecule is CCn1c(COc2cc(C)c(Cl)c(C)c2)nnc1SCC(=O)Nc1sc(C(=O)OC)c(C)c1C(=O)OC. The summed E-state index contributed by atoms with van der Waals surface area (Å²) in [6.07, 6.45) is 0. The number of carbonyl (C=O) groups is 3. The molecule has 0 aliphatic rings. The number of aromatic nitrogens is 3. The normalized spacial score (nSPS) is 10.8. The van der Waals surface area contributed by atoms with Crippen molar-refractivity contribution in [1.29, 1.82) is 0 Å². The van der Waals surface area contributed by atoms with Crippen LogP contribution in [0.3, 0.4) is 0 Å². The molecule has 1 N–H and O–H groups in total. The summed E-state index contributed by atoms with van der Waals surface area (Å²) in [6, 6.07) is 3.73. The van der Waals surface area contributed by atoms with E-state index < -0.39 is 11.9 Å². The molecule has 0 unspecified atom stereocenters. The molecule has 0 spiro atoms. The third-order valence-electron chi connectivity index (χ3n) is 5.38. The van der Waals surface area contributed by atoms with E-state index in [4.69, 9.17) is 25.8 Å². The molecule has 0 fully saturated rings. The maximum atomic E-state index is 12.7. The number of methoxy groups -OCH3 is 2. The number of amides is 1. The number of rotatable bonds is 10. The van der Waals surface area contributed by atoms with Crippen LogP contribution in [0.1, 0.15) is 49.5 Å². The van der Waals surface area contributed by atoms with E-state index in [9.17, 15) is 14.4 Å². The molecule has 0 saturated heterocycles. The first-order chi connectivity index (χ1) is 17.6. The first kappa shape index (κ1) is 28.5. The number of esters is 2. The van der Waals surface area contributed by atoms with Crippen LogP contribution in [-0.4, -0.2) is 52.6 Å². The Hall–Kier alpha value is -3.09. The van der Waals surface area contributed by atoms with Gasteiger partial charge in [0.05, 0.1) is 25.5 Å². The molecule has 1 amide bonds. The molecular weight excluding hydrogens is 540 g/mol. The van der Waals surface area contributed by atoms with Crippen molar-refractivity contribution >= 4 is 57.5 Å². The lowest BCUT2D eigenvalue weighted by molar-refractivity contribution is -0.113. The van der Waals surface area contributed by atoms with Crippen LogP contribution in [0.15, 0.2) is 17.3 Å². The Morgan fingerprint density at radius 3 is 2.32 bits per heavy atom. The van der Waals surface area contributed by atoms with Crippen molar-refractivity contribution in [3.05, 3.63) is 50.1 Å². The zero-order valence-corrected chi connectivity index (χ0v) is 23.7. The van der Waals surface area contributed by atoms with Gasteiger partial charge in [0.2, 0.25) is 5.91 Å². The highest BCUT2D eigenvalue weighted by Gasteiger charge is 2.27. The smallest absolute Gasteiger partial charge is 0.348 e. The van der Waals surface area contributed by atoms with Gasteiger partial charge in [0.25, 0.3) is 0 Å². The minimum absolute atomic E-state index is 0.000315. The Morgan fingerprint density at radius 2 is 1.73 bits per heavy atom. The van der Waals surface area contributed by atoms with Crippen LogP contribution in [0.2, 0.25) is 5.02 Å². The molecule has 0 radical (unpaired) electrons. The fourth-order valence-electron chi connectivity index (χ4n) is 3.52. The molecule has 0 aliphatic carbocycles. The minimum Gasteiger partial charge on any atom is -0.486 e. The molecule has 0 bridgehead atoms. The van der Waals surface area contributed by atoms with Crippen molar-refractivity contribution in [2.24, 2.45) is 0 Å². The van der Waals surface area contributed by atoms with Gasteiger partial charge < -0.3 is 24.1 Å². The summed E-state index contributed by atoms with van der Waals surface area (Å²) in [7, 11) is 2.47. The summed E-state index contributed by atoms with van der Waals surface area (Å²) in [5, 5.41) is 12.6. The van der Waals surface area contributed by atoms with Crippen LogP contribution in [-0.2, 0) is 27.4 Å². The molecule has 1 aromatic carbocycles. The number of thiophene rings is 1. The van der Waals surface area contributed by atoms with E-state index in [2.05, 4.69) is 15.5 Å². The van der Waals surface area contributed by atoms with Gasteiger partial charge in [-0.3, -0.25) is 4.79 Å². The second-order valence-corrected chi connectivity index (χ2v) is 10.2. The van der Waals surface area contributed by atoms with E-state index in [1.165, 1.54) is 26.0 Å². The molecule has 0 aliphatic heterocycles. The molecule has 198 valence electrons. The van der Waals surface area contributed by atoms with Crippen molar-refractivity contribution in [3.63, 3.8) is 0 Å². The van der Waals surface area contributed by atoms with Crippen LogP contribution in [0.5, 0.6) is 5.75 Å². The largest absolute Gasteiger partial charge is 0.486 e. The molecule has 3 aromatic rings. The van der Waals surface area contributed by atoms with E-state index in [1.54, 1.807) is 6.92 Å². The third-order valence-corrected chi connectivity index (χ3v) is 8.13. The Labute approximate surface area is 227 Å². The number of carbonyl (C=O) groups excluding carboxylic acids is 3. The Balaban J connectivity index is 1.69. The summed E-state index contributed by atoms with van der Waals surface area (Å²) in [5.41, 5.74) is 2.35. The second kappa shape index (κ2) is 12.4. The van der Waals surface area contributed by atoms with Crippen LogP contribution in [0.4, 0.5) is 5.00 Å². The van der Waals surface area contributed by atoms with Gasteiger partial charge in [-0.05, 0) is 56.5 Å². The van der Waals surface area contributed by atoms with Gasteiger partial charge in [-0.15, -0.1) is 21.5 Å². The number of halogens is 1. The van der Waals surface area contributed by atoms with Crippen LogP contribution in [0.25, 0.3) is 0 Å². The highest BCUT2D eigenvalue weighted by atomic mass is 35.5. The van der Waals surface area contributed by atoms with Gasteiger partial charge in [0.1, 0.15) is 22.2 Å². The van der Waals surface area contributed by atoms with E-state index in [1.807, 2.05) is 37.5 Å². The summed E-state index contributed by atoms with van der Waals surface area (Å²) >= 11 is 8.38. The molecule has 3 rings (SSSR count). The van der Waals surface area contributed by atoms with Crippen molar-refractivity contribution in [2.75, 3.05) is 25.3 Å². The average Bonchev–Trinajstić information content (AvgIpc) is 3.43. The van der Waals surface area contributed by atoms with Crippen LogP contribution < -0.4 is 10.1 Å². The molecule has 2 aromatic heterocycles. The number of anilines is 1. The summed E-state index contributed by atoms with van der Waals surface area (Å²) < 4.78 is 17.4. The van der Waals surface area contributed by atoms with Crippen molar-refractivity contribution in [2.45, 2.75) is 46.0 Å². The molecule has 13 heteroatoms. The Kier molecular flexibility index (Phi) is 9.57. The number of benzene rings is 1. The monoisotopic (exact) mass is 566 g/mol. The van der Waals surface area contributed by atoms with Gasteiger partial charge in [0, 0.05) is 11.6 Å². The van der Waals surface area contributed by atoms with Crippen LogP contribution >= 0.6 is 34.7 Å². The summed E-state index contributed by atoms with van der Waals surface area (Å²) in [5.74, 6) is -0.355. The minimum atomic E-state index is -0.659. The molecule has 10 nitrogen and oxygen atoms in total. The predicted molar refractivity (Wildman–Crippen MR) is 142 cm³/mol. The number of hydrogen-bond donors (Lipinski definition) is 1. The number of nitrogens with zero attached hydrogens (tertiary/aromatic N) is 3. The first-order valence-corrected chi connectivity index (χ1v) is 13.3. The number of aryl methyl sites for hydroxylation is 2. The van der Waals surface area contributed by atoms with Gasteiger partial charge >= 0.3 is 11.9 Å². The number of ether oxygens (including phenoxy) is 3. The molecule has 2 heterocycles. The third kappa shape index (κ3) is 6.43. The van der Waals surface area contributed by atoms with Crippen LogP contribution in [0, 0.1) is 20.8 Å². The zero-order chi connectivity index (χ0) is 27.3. The van der Waals surface area contributed by atoms with Gasteiger partial charge in [-0.2, -0.15) is 0 Å². The van der Waals surface area contributed by atoms with Gasteiger partial charge in [-0.1, -0.05) is 23.4 Å². The molecule has 37 heavy (non-hydrogen) atoms. The lowest BCUT2D eigenvalue weighted by atomic mass is 10.1. The highest BCUT2D eigenvalue weighted by molar-refractivity contribution is 7.99. The fraction of sp³-hybridized carbons (Fsp3) is 0.375. The second-order valence-electron chi connectivity index (χ2n) is 7.88. The van der Waals surface area contributed by atoms with Gasteiger partial charge in [-0.25, -0.2) is 9.59 Å². The van der Waals surface area contributed by atoms with E-state index >= 15 is 0 Å². The zero-order valence-electron chi connectivity index (χ0n) is 21.3. The standard InChI is InChI=1S/C24H27ClN4O6S2/c1-7-29-16(10-35-15-8-12(2)19(25)13(3)9-15)27-28-24(29)36-11-17(30)26-21-18(22(31)33-5)14(4)20(37-21)23(32)34-6/h8-9H,7,10-11H2,1-6H3,(H,26,30). The predicted octanol–water partition coefficient (Wildman–Crippen LogP) is 4.82. The maximum absolute atomic E-state index is 12.7. The van der Waals surface area contributed by atoms with Crippen molar-refractivity contribution in [1.82, 2.24) is 14.8 Å². The van der Waals surface area contributed by atoms with E-state index in [-0.39, 0.29) is 33.7 Å². The average molecular weight is 567 g/mol. The Morgan fingerprint density at radius 1 is 1.08 bits per heavy atom. The topological polar surface area (TPSA) is 122 Å². The van der Waals surface area contributed by atoms with Crippen molar-refractivity contribution in [3.8, 4) is 5.75 Å². The number of hydrogen-bond acceptors (Lipinski definition) is 10. The molecular formula is C24H27ClN4O6S2. The number of thioether (sulfide) groups is 1. The lowest BCUT2D eigenvalue weighted by Gasteiger charge is -2.11. The summed E-state index contributed by atoms with van der Waals surface area (Å²) in [6.45, 7) is 8.14. The fourth-order valence-corrected chi connectivity index (χ4v) is 5.58. The van der Waals surface area contributed by atoms with Crippen molar-refractivity contribution < 1.29 is 28.6 Å². The van der Waals surface area contributed by atoms with E-state index in [0.717, 1.165) is 22.5 Å². The van der Waals surface area contributed by atoms with Gasteiger partial charge in [0.15, 0.2) is 11.0 Å². The Bertz CT molecular complexity index is 1310. The first-order valence-electron chi connectivity index (χ1n) is 11.1. The maximum Gasteiger partial charge on any atom is 0.348 e. The summed E-state index contributed by atoms with van der Waals surface area (Å²) in [4.78, 5) is 37.3. The molecule has 0 saturated carbocycles. The molecule has 0 atom stereocenters.